The maximum Gasteiger partial charge on any atom is 0.251 e. The Labute approximate surface area is 151 Å². The van der Waals surface area contributed by atoms with Crippen LogP contribution in [0.4, 0.5) is 0 Å². The fourth-order valence-electron chi connectivity index (χ4n) is 2.97. The summed E-state index contributed by atoms with van der Waals surface area (Å²) in [5.74, 6) is 0.861. The molecule has 0 aliphatic heterocycles. The van der Waals surface area contributed by atoms with Gasteiger partial charge in [0.2, 0.25) is 0 Å². The fraction of sp³-hybridized carbons (Fsp3) is 0.350. The van der Waals surface area contributed by atoms with Crippen molar-refractivity contribution >= 4 is 21.8 Å². The van der Waals surface area contributed by atoms with E-state index >= 15 is 0 Å². The Kier molecular flexibility index (Phi) is 5.91. The van der Waals surface area contributed by atoms with E-state index in [1.165, 1.54) is 19.3 Å². The molecule has 2 aromatic carbocycles. The zero-order valence-electron chi connectivity index (χ0n) is 13.6. The van der Waals surface area contributed by atoms with E-state index in [-0.39, 0.29) is 5.91 Å². The van der Waals surface area contributed by atoms with Gasteiger partial charge in [-0.3, -0.25) is 4.79 Å². The minimum absolute atomic E-state index is 0.0299. The zero-order chi connectivity index (χ0) is 16.8. The molecule has 2 aromatic rings. The number of rotatable bonds is 5. The van der Waals surface area contributed by atoms with Gasteiger partial charge in [0.25, 0.3) is 5.91 Å². The molecular formula is C20H22BrNO2. The number of benzene rings is 2. The van der Waals surface area contributed by atoms with Crippen molar-refractivity contribution in [3.63, 3.8) is 0 Å². The topological polar surface area (TPSA) is 38.3 Å². The quantitative estimate of drug-likeness (QED) is 0.775. The van der Waals surface area contributed by atoms with Gasteiger partial charge in [-0.05, 0) is 54.8 Å². The van der Waals surface area contributed by atoms with Gasteiger partial charge >= 0.3 is 0 Å². The van der Waals surface area contributed by atoms with E-state index in [9.17, 15) is 4.79 Å². The lowest BCUT2D eigenvalue weighted by Gasteiger charge is -2.22. The maximum absolute atomic E-state index is 12.3. The van der Waals surface area contributed by atoms with Crippen LogP contribution in [0.15, 0.2) is 53.0 Å². The average Bonchev–Trinajstić information content (AvgIpc) is 2.62. The van der Waals surface area contributed by atoms with Crippen molar-refractivity contribution < 1.29 is 9.53 Å². The Balaban J connectivity index is 1.52. The highest BCUT2D eigenvalue weighted by Gasteiger charge is 2.16. The Hall–Kier alpha value is -1.81. The van der Waals surface area contributed by atoms with Crippen LogP contribution >= 0.6 is 15.9 Å². The first-order chi connectivity index (χ1) is 11.7. The van der Waals surface area contributed by atoms with Crippen LogP contribution < -0.4 is 10.1 Å². The second-order valence-electron chi connectivity index (χ2n) is 6.25. The average molecular weight is 388 g/mol. The van der Waals surface area contributed by atoms with Gasteiger partial charge in [0.1, 0.15) is 12.4 Å². The molecule has 0 unspecified atom stereocenters. The molecular weight excluding hydrogens is 366 g/mol. The van der Waals surface area contributed by atoms with Gasteiger partial charge in [0.05, 0.1) is 0 Å². The van der Waals surface area contributed by atoms with Crippen LogP contribution in [0.25, 0.3) is 0 Å². The van der Waals surface area contributed by atoms with Crippen LogP contribution in [0, 0.1) is 0 Å². The van der Waals surface area contributed by atoms with E-state index in [1.54, 1.807) is 0 Å². The van der Waals surface area contributed by atoms with Crippen molar-refractivity contribution in [3.8, 4) is 5.75 Å². The number of carbonyl (C=O) groups excluding carboxylic acids is 1. The van der Waals surface area contributed by atoms with Crippen LogP contribution in [0.3, 0.4) is 0 Å². The molecule has 0 radical (unpaired) electrons. The number of hydrogen-bond acceptors (Lipinski definition) is 2. The highest BCUT2D eigenvalue weighted by Crippen LogP contribution is 2.19. The third-order valence-corrected chi connectivity index (χ3v) is 4.90. The summed E-state index contributed by atoms with van der Waals surface area (Å²) < 4.78 is 6.78. The van der Waals surface area contributed by atoms with Gasteiger partial charge in [-0.1, -0.05) is 47.3 Å². The van der Waals surface area contributed by atoms with E-state index in [4.69, 9.17) is 4.74 Å². The Morgan fingerprint density at radius 3 is 2.33 bits per heavy atom. The monoisotopic (exact) mass is 387 g/mol. The van der Waals surface area contributed by atoms with Crippen LogP contribution in [-0.4, -0.2) is 11.9 Å². The summed E-state index contributed by atoms with van der Waals surface area (Å²) in [7, 11) is 0. The van der Waals surface area contributed by atoms with Crippen LogP contribution in [0.2, 0.25) is 0 Å². The number of carbonyl (C=O) groups is 1. The van der Waals surface area contributed by atoms with Crippen molar-refractivity contribution in [1.29, 1.82) is 0 Å². The van der Waals surface area contributed by atoms with Gasteiger partial charge in [-0.2, -0.15) is 0 Å². The molecule has 1 amide bonds. The summed E-state index contributed by atoms with van der Waals surface area (Å²) >= 11 is 3.40. The van der Waals surface area contributed by atoms with Gasteiger partial charge < -0.3 is 10.1 Å². The molecule has 1 fully saturated rings. The van der Waals surface area contributed by atoms with E-state index in [0.717, 1.165) is 28.6 Å². The lowest BCUT2D eigenvalue weighted by atomic mass is 9.95. The third kappa shape index (κ3) is 4.84. The first-order valence-electron chi connectivity index (χ1n) is 8.49. The van der Waals surface area contributed by atoms with Crippen molar-refractivity contribution in [2.75, 3.05) is 0 Å². The highest BCUT2D eigenvalue weighted by atomic mass is 79.9. The van der Waals surface area contributed by atoms with E-state index in [2.05, 4.69) is 21.2 Å². The van der Waals surface area contributed by atoms with Crippen molar-refractivity contribution in [2.24, 2.45) is 0 Å². The number of hydrogen-bond donors (Lipinski definition) is 1. The van der Waals surface area contributed by atoms with Gasteiger partial charge in [0, 0.05) is 16.1 Å². The summed E-state index contributed by atoms with van der Waals surface area (Å²) in [5.41, 5.74) is 1.76. The minimum atomic E-state index is 0.0299. The Morgan fingerprint density at radius 2 is 1.67 bits per heavy atom. The molecule has 1 aliphatic rings. The molecule has 126 valence electrons. The van der Waals surface area contributed by atoms with Crippen LogP contribution in [-0.2, 0) is 6.61 Å². The van der Waals surface area contributed by atoms with E-state index < -0.39 is 0 Å². The van der Waals surface area contributed by atoms with Gasteiger partial charge in [0.15, 0.2) is 0 Å². The number of halogens is 1. The summed E-state index contributed by atoms with van der Waals surface area (Å²) in [6, 6.07) is 15.8. The van der Waals surface area contributed by atoms with Gasteiger partial charge in [-0.25, -0.2) is 0 Å². The largest absolute Gasteiger partial charge is 0.489 e. The first-order valence-corrected chi connectivity index (χ1v) is 9.28. The summed E-state index contributed by atoms with van der Waals surface area (Å²) in [6.07, 6.45) is 5.93. The molecule has 3 rings (SSSR count). The predicted octanol–water partition coefficient (Wildman–Crippen LogP) is 5.09. The lowest BCUT2D eigenvalue weighted by Crippen LogP contribution is -2.36. The van der Waals surface area contributed by atoms with Crippen LogP contribution in [0.1, 0.15) is 48.0 Å². The molecule has 1 N–H and O–H groups in total. The van der Waals surface area contributed by atoms with Crippen molar-refractivity contribution in [2.45, 2.75) is 44.8 Å². The summed E-state index contributed by atoms with van der Waals surface area (Å²) in [5, 5.41) is 3.14. The fourth-order valence-corrected chi connectivity index (χ4v) is 3.23. The molecule has 0 aromatic heterocycles. The predicted molar refractivity (Wildman–Crippen MR) is 99.3 cm³/mol. The van der Waals surface area contributed by atoms with Crippen LogP contribution in [0.5, 0.6) is 5.75 Å². The van der Waals surface area contributed by atoms with E-state index in [1.807, 2.05) is 48.5 Å². The molecule has 0 spiro atoms. The lowest BCUT2D eigenvalue weighted by molar-refractivity contribution is 0.0927. The number of ether oxygens (including phenoxy) is 1. The molecule has 4 heteroatoms. The SMILES string of the molecule is O=C(NC1CCCCC1)c1ccc(COc2ccc(Br)cc2)cc1. The third-order valence-electron chi connectivity index (χ3n) is 4.38. The second-order valence-corrected chi connectivity index (χ2v) is 7.16. The zero-order valence-corrected chi connectivity index (χ0v) is 15.2. The van der Waals surface area contributed by atoms with E-state index in [0.29, 0.717) is 18.2 Å². The minimum Gasteiger partial charge on any atom is -0.489 e. The molecule has 1 aliphatic carbocycles. The van der Waals surface area contributed by atoms with Gasteiger partial charge in [-0.15, -0.1) is 0 Å². The molecule has 0 heterocycles. The molecule has 1 saturated carbocycles. The first kappa shape index (κ1) is 17.0. The number of amides is 1. The van der Waals surface area contributed by atoms with Crippen molar-refractivity contribution in [3.05, 3.63) is 64.1 Å². The Bertz CT molecular complexity index is 661. The standard InChI is InChI=1S/C20H22BrNO2/c21-17-10-12-19(13-11-17)24-14-15-6-8-16(9-7-15)20(23)22-18-4-2-1-3-5-18/h6-13,18H,1-5,14H2,(H,22,23). The smallest absolute Gasteiger partial charge is 0.251 e. The maximum atomic E-state index is 12.3. The summed E-state index contributed by atoms with van der Waals surface area (Å²) in [4.78, 5) is 12.3. The Morgan fingerprint density at radius 1 is 1.00 bits per heavy atom. The second kappa shape index (κ2) is 8.34. The normalized spacial score (nSPS) is 15.0. The molecule has 0 saturated heterocycles. The molecule has 0 bridgehead atoms. The highest BCUT2D eigenvalue weighted by molar-refractivity contribution is 9.10. The molecule has 3 nitrogen and oxygen atoms in total. The number of nitrogens with one attached hydrogen (secondary N) is 1. The van der Waals surface area contributed by atoms with Crippen molar-refractivity contribution in [1.82, 2.24) is 5.32 Å². The molecule has 0 atom stereocenters. The summed E-state index contributed by atoms with van der Waals surface area (Å²) in [6.45, 7) is 0.492. The molecule has 24 heavy (non-hydrogen) atoms.